The predicted octanol–water partition coefficient (Wildman–Crippen LogP) is 0.547. The van der Waals surface area contributed by atoms with E-state index in [1.54, 1.807) is 11.8 Å². The highest BCUT2D eigenvalue weighted by Crippen LogP contribution is 2.15. The fourth-order valence-electron chi connectivity index (χ4n) is 1.53. The average Bonchev–Trinajstić information content (AvgIpc) is 2.62. The second-order valence-electron chi connectivity index (χ2n) is 3.37. The third-order valence-electron chi connectivity index (χ3n) is 2.40. The minimum atomic E-state index is 0.280. The number of amides is 1. The van der Waals surface area contributed by atoms with E-state index in [-0.39, 0.29) is 5.91 Å². The molecular weight excluding hydrogens is 184 g/mol. The van der Waals surface area contributed by atoms with E-state index in [2.05, 4.69) is 6.92 Å². The Kier molecular flexibility index (Phi) is 4.59. The van der Waals surface area contributed by atoms with Gasteiger partial charge in [-0.2, -0.15) is 11.8 Å². The molecule has 1 aliphatic rings. The maximum absolute atomic E-state index is 11.5. The lowest BCUT2D eigenvalue weighted by atomic mass is 10.1. The monoisotopic (exact) mass is 202 g/mol. The van der Waals surface area contributed by atoms with Crippen LogP contribution >= 0.6 is 11.8 Å². The van der Waals surface area contributed by atoms with Gasteiger partial charge in [-0.1, -0.05) is 6.92 Å². The van der Waals surface area contributed by atoms with Gasteiger partial charge in [0.05, 0.1) is 5.75 Å². The number of likely N-dealkylation sites (tertiary alicyclic amines) is 1. The first-order chi connectivity index (χ1) is 6.27. The molecule has 1 heterocycles. The van der Waals surface area contributed by atoms with Gasteiger partial charge in [0, 0.05) is 13.1 Å². The first-order valence-electron chi connectivity index (χ1n) is 4.83. The molecule has 0 bridgehead atoms. The molecule has 0 aromatic carbocycles. The summed E-state index contributed by atoms with van der Waals surface area (Å²) in [7, 11) is 0. The van der Waals surface area contributed by atoms with Gasteiger partial charge < -0.3 is 10.6 Å². The zero-order valence-corrected chi connectivity index (χ0v) is 8.98. The smallest absolute Gasteiger partial charge is 0.232 e. The van der Waals surface area contributed by atoms with Crippen LogP contribution in [0.2, 0.25) is 0 Å². The third kappa shape index (κ3) is 3.19. The fourth-order valence-corrected chi connectivity index (χ4v) is 2.09. The van der Waals surface area contributed by atoms with E-state index in [0.29, 0.717) is 18.2 Å². The molecule has 0 aliphatic carbocycles. The quantitative estimate of drug-likeness (QED) is 0.724. The molecule has 76 valence electrons. The van der Waals surface area contributed by atoms with Crippen molar-refractivity contribution >= 4 is 17.7 Å². The number of nitrogens with zero attached hydrogens (tertiary/aromatic N) is 1. The lowest BCUT2D eigenvalue weighted by Crippen LogP contribution is -2.31. The highest BCUT2D eigenvalue weighted by Gasteiger charge is 2.24. The molecule has 2 N–H and O–H groups in total. The van der Waals surface area contributed by atoms with Gasteiger partial charge in [-0.15, -0.1) is 0 Å². The van der Waals surface area contributed by atoms with Crippen molar-refractivity contribution in [1.29, 1.82) is 0 Å². The Morgan fingerprint density at radius 3 is 3.00 bits per heavy atom. The standard InChI is InChI=1S/C9H18N2OS/c1-2-13-7-9(12)11-4-3-8(5-10)6-11/h8H,2-7,10H2,1H3. The van der Waals surface area contributed by atoms with Crippen LogP contribution in [0, 0.1) is 5.92 Å². The van der Waals surface area contributed by atoms with Crippen LogP contribution in [0.5, 0.6) is 0 Å². The van der Waals surface area contributed by atoms with Gasteiger partial charge in [-0.05, 0) is 24.6 Å². The summed E-state index contributed by atoms with van der Waals surface area (Å²) in [5.74, 6) is 2.46. The molecule has 3 nitrogen and oxygen atoms in total. The van der Waals surface area contributed by atoms with Crippen LogP contribution in [0.15, 0.2) is 0 Å². The number of carbonyl (C=O) groups excluding carboxylic acids is 1. The number of nitrogens with two attached hydrogens (primary N) is 1. The van der Waals surface area contributed by atoms with Crippen molar-refractivity contribution in [3.8, 4) is 0 Å². The summed E-state index contributed by atoms with van der Waals surface area (Å²) in [6.45, 7) is 4.57. The Bertz CT molecular complexity index is 175. The van der Waals surface area contributed by atoms with Gasteiger partial charge in [-0.3, -0.25) is 4.79 Å². The third-order valence-corrected chi connectivity index (χ3v) is 3.26. The molecule has 0 aromatic rings. The summed E-state index contributed by atoms with van der Waals surface area (Å²) in [6, 6.07) is 0. The largest absolute Gasteiger partial charge is 0.342 e. The van der Waals surface area contributed by atoms with Crippen LogP contribution in [-0.4, -0.2) is 41.9 Å². The SMILES string of the molecule is CCSCC(=O)N1CCC(CN)C1. The van der Waals surface area contributed by atoms with Crippen molar-refractivity contribution in [2.24, 2.45) is 11.7 Å². The molecule has 0 radical (unpaired) electrons. The van der Waals surface area contributed by atoms with Crippen LogP contribution in [-0.2, 0) is 4.79 Å². The topological polar surface area (TPSA) is 46.3 Å². The van der Waals surface area contributed by atoms with Crippen LogP contribution in [0.3, 0.4) is 0 Å². The van der Waals surface area contributed by atoms with Crippen LogP contribution in [0.1, 0.15) is 13.3 Å². The van der Waals surface area contributed by atoms with E-state index < -0.39 is 0 Å². The summed E-state index contributed by atoms with van der Waals surface area (Å²) in [4.78, 5) is 13.5. The lowest BCUT2D eigenvalue weighted by Gasteiger charge is -2.15. The number of hydrogen-bond donors (Lipinski definition) is 1. The molecule has 1 amide bonds. The Morgan fingerprint density at radius 1 is 1.69 bits per heavy atom. The molecule has 1 rings (SSSR count). The Hall–Kier alpha value is -0.220. The summed E-state index contributed by atoms with van der Waals surface area (Å²) < 4.78 is 0. The number of thioether (sulfide) groups is 1. The zero-order valence-electron chi connectivity index (χ0n) is 8.16. The van der Waals surface area contributed by atoms with Crippen LogP contribution < -0.4 is 5.73 Å². The van der Waals surface area contributed by atoms with Gasteiger partial charge in [0.15, 0.2) is 0 Å². The second kappa shape index (κ2) is 5.50. The van der Waals surface area contributed by atoms with Crippen molar-refractivity contribution in [2.45, 2.75) is 13.3 Å². The lowest BCUT2D eigenvalue weighted by molar-refractivity contribution is -0.127. The highest BCUT2D eigenvalue weighted by atomic mass is 32.2. The van der Waals surface area contributed by atoms with Crippen molar-refractivity contribution in [3.63, 3.8) is 0 Å². The molecule has 1 atom stereocenters. The van der Waals surface area contributed by atoms with Crippen molar-refractivity contribution in [2.75, 3.05) is 31.1 Å². The van der Waals surface area contributed by atoms with E-state index >= 15 is 0 Å². The van der Waals surface area contributed by atoms with Crippen molar-refractivity contribution in [1.82, 2.24) is 4.90 Å². The normalized spacial score (nSPS) is 22.3. The summed E-state index contributed by atoms with van der Waals surface area (Å²) >= 11 is 1.69. The second-order valence-corrected chi connectivity index (χ2v) is 4.64. The Morgan fingerprint density at radius 2 is 2.46 bits per heavy atom. The first-order valence-corrected chi connectivity index (χ1v) is 5.99. The summed E-state index contributed by atoms with van der Waals surface area (Å²) in [6.07, 6.45) is 1.08. The maximum atomic E-state index is 11.5. The molecule has 1 aliphatic heterocycles. The van der Waals surface area contributed by atoms with Crippen LogP contribution in [0.25, 0.3) is 0 Å². The molecule has 1 unspecified atom stereocenters. The van der Waals surface area contributed by atoms with E-state index in [0.717, 1.165) is 25.3 Å². The van der Waals surface area contributed by atoms with Crippen molar-refractivity contribution in [3.05, 3.63) is 0 Å². The minimum Gasteiger partial charge on any atom is -0.342 e. The summed E-state index contributed by atoms with van der Waals surface area (Å²) in [5, 5.41) is 0. The van der Waals surface area contributed by atoms with Gasteiger partial charge >= 0.3 is 0 Å². The van der Waals surface area contributed by atoms with Gasteiger partial charge in [-0.25, -0.2) is 0 Å². The highest BCUT2D eigenvalue weighted by molar-refractivity contribution is 7.99. The predicted molar refractivity (Wildman–Crippen MR) is 56.7 cm³/mol. The number of carbonyl (C=O) groups is 1. The molecule has 13 heavy (non-hydrogen) atoms. The van der Waals surface area contributed by atoms with E-state index in [9.17, 15) is 4.79 Å². The van der Waals surface area contributed by atoms with Gasteiger partial charge in [0.2, 0.25) is 5.91 Å². The molecule has 1 fully saturated rings. The molecular formula is C9H18N2OS. The Labute approximate surface area is 84.0 Å². The zero-order chi connectivity index (χ0) is 9.68. The number of rotatable bonds is 4. The number of hydrogen-bond acceptors (Lipinski definition) is 3. The van der Waals surface area contributed by atoms with Crippen molar-refractivity contribution < 1.29 is 4.79 Å². The average molecular weight is 202 g/mol. The first kappa shape index (κ1) is 10.9. The molecule has 1 saturated heterocycles. The van der Waals surface area contributed by atoms with Gasteiger partial charge in [0.25, 0.3) is 0 Å². The molecule has 0 saturated carbocycles. The minimum absolute atomic E-state index is 0.280. The molecule has 4 heteroatoms. The van der Waals surface area contributed by atoms with Crippen LogP contribution in [0.4, 0.5) is 0 Å². The maximum Gasteiger partial charge on any atom is 0.232 e. The Balaban J connectivity index is 2.25. The van der Waals surface area contributed by atoms with E-state index in [4.69, 9.17) is 5.73 Å². The fraction of sp³-hybridized carbons (Fsp3) is 0.889. The summed E-state index contributed by atoms with van der Waals surface area (Å²) in [5.41, 5.74) is 5.55. The van der Waals surface area contributed by atoms with Gasteiger partial charge in [0.1, 0.15) is 0 Å². The van der Waals surface area contributed by atoms with E-state index in [1.807, 2.05) is 4.90 Å². The molecule has 0 aromatic heterocycles. The van der Waals surface area contributed by atoms with E-state index in [1.165, 1.54) is 0 Å². The molecule has 0 spiro atoms.